The van der Waals surface area contributed by atoms with Crippen LogP contribution in [0.25, 0.3) is 10.1 Å². The van der Waals surface area contributed by atoms with Crippen LogP contribution in [0.4, 0.5) is 0 Å². The second-order valence-electron chi connectivity index (χ2n) is 8.66. The molecular weight excluding hydrogens is 436 g/mol. The standard InChI is InChI=1S/C29H36N4S/c1-6-27(30)23(4)32-28(25-13-8-7-12-21(25)2)18-22(3)31-16-11-17-33(5)19-24-20-34-29-15-10-9-14-26(24)29/h6-10,12-15,18,20,31H,1,11,16-17,19,30H2,2-5H3/b22-18+,27-23-,32-28+. The zero-order valence-electron chi connectivity index (χ0n) is 20.8. The van der Waals surface area contributed by atoms with Crippen LogP contribution in [-0.4, -0.2) is 30.7 Å². The maximum absolute atomic E-state index is 6.03. The molecule has 0 saturated carbocycles. The summed E-state index contributed by atoms with van der Waals surface area (Å²) in [7, 11) is 2.19. The lowest BCUT2D eigenvalue weighted by Gasteiger charge is -2.17. The molecule has 2 aromatic carbocycles. The Labute approximate surface area is 208 Å². The Morgan fingerprint density at radius 2 is 1.88 bits per heavy atom. The van der Waals surface area contributed by atoms with Gasteiger partial charge in [0.1, 0.15) is 0 Å². The number of rotatable bonds is 11. The molecule has 3 N–H and O–H groups in total. The highest BCUT2D eigenvalue weighted by molar-refractivity contribution is 7.17. The van der Waals surface area contributed by atoms with Crippen molar-refractivity contribution in [2.45, 2.75) is 33.7 Å². The van der Waals surface area contributed by atoms with Gasteiger partial charge in [0.2, 0.25) is 0 Å². The van der Waals surface area contributed by atoms with Gasteiger partial charge in [-0.3, -0.25) is 4.99 Å². The maximum atomic E-state index is 6.03. The van der Waals surface area contributed by atoms with Crippen LogP contribution in [0.15, 0.2) is 94.7 Å². The third kappa shape index (κ3) is 6.92. The summed E-state index contributed by atoms with van der Waals surface area (Å²) >= 11 is 1.83. The number of nitrogens with one attached hydrogen (secondary N) is 1. The van der Waals surface area contributed by atoms with Crippen molar-refractivity contribution in [2.75, 3.05) is 20.1 Å². The Bertz CT molecular complexity index is 1220. The van der Waals surface area contributed by atoms with Crippen molar-refractivity contribution >= 4 is 27.1 Å². The number of nitrogens with two attached hydrogens (primary N) is 1. The van der Waals surface area contributed by atoms with Crippen molar-refractivity contribution in [1.82, 2.24) is 10.2 Å². The number of fused-ring (bicyclic) bond motifs is 1. The SMILES string of the molecule is C=C/C(N)=C(C)/N=C(\C=C(/C)NCCCN(C)Cc1csc2ccccc12)c1ccccc1C. The second-order valence-corrected chi connectivity index (χ2v) is 9.57. The molecule has 1 aromatic heterocycles. The highest BCUT2D eigenvalue weighted by atomic mass is 32.1. The predicted molar refractivity (Wildman–Crippen MR) is 149 cm³/mol. The zero-order chi connectivity index (χ0) is 24.5. The molecule has 0 unspecified atom stereocenters. The lowest BCUT2D eigenvalue weighted by atomic mass is 10.0. The first-order valence-corrected chi connectivity index (χ1v) is 12.6. The number of aryl methyl sites for hydroxylation is 1. The molecule has 0 bridgehead atoms. The molecule has 3 rings (SSSR count). The van der Waals surface area contributed by atoms with Crippen molar-refractivity contribution in [1.29, 1.82) is 0 Å². The average molecular weight is 473 g/mol. The highest BCUT2D eigenvalue weighted by Crippen LogP contribution is 2.26. The fraction of sp³-hybridized carbons (Fsp3) is 0.276. The van der Waals surface area contributed by atoms with E-state index in [4.69, 9.17) is 10.7 Å². The number of allylic oxidation sites excluding steroid dienone is 4. The molecule has 0 fully saturated rings. The van der Waals surface area contributed by atoms with Gasteiger partial charge in [0.15, 0.2) is 0 Å². The van der Waals surface area contributed by atoms with E-state index < -0.39 is 0 Å². The molecule has 0 aliphatic carbocycles. The molecule has 0 atom stereocenters. The lowest BCUT2D eigenvalue weighted by molar-refractivity contribution is 0.323. The van der Waals surface area contributed by atoms with Crippen LogP contribution in [0.1, 0.15) is 37.0 Å². The quantitative estimate of drug-likeness (QED) is 0.193. The minimum Gasteiger partial charge on any atom is -0.397 e. The number of benzene rings is 2. The number of thiophene rings is 1. The molecule has 0 aliphatic heterocycles. The summed E-state index contributed by atoms with van der Waals surface area (Å²) in [5, 5.41) is 7.21. The van der Waals surface area contributed by atoms with Gasteiger partial charge >= 0.3 is 0 Å². The van der Waals surface area contributed by atoms with Gasteiger partial charge in [-0.1, -0.05) is 49.0 Å². The van der Waals surface area contributed by atoms with E-state index in [2.05, 4.69) is 85.5 Å². The first-order chi connectivity index (χ1) is 16.4. The monoisotopic (exact) mass is 472 g/mol. The first-order valence-electron chi connectivity index (χ1n) is 11.7. The molecule has 5 heteroatoms. The van der Waals surface area contributed by atoms with E-state index in [1.165, 1.54) is 21.2 Å². The Hall–Kier alpha value is -3.15. The normalized spacial score (nSPS) is 13.3. The van der Waals surface area contributed by atoms with E-state index in [9.17, 15) is 0 Å². The molecule has 1 heterocycles. The average Bonchev–Trinajstić information content (AvgIpc) is 3.24. The van der Waals surface area contributed by atoms with E-state index >= 15 is 0 Å². The Morgan fingerprint density at radius 1 is 1.15 bits per heavy atom. The molecule has 3 aromatic rings. The van der Waals surface area contributed by atoms with Crippen LogP contribution in [0.5, 0.6) is 0 Å². The Morgan fingerprint density at radius 3 is 2.65 bits per heavy atom. The van der Waals surface area contributed by atoms with E-state index in [-0.39, 0.29) is 0 Å². The van der Waals surface area contributed by atoms with E-state index in [1.54, 1.807) is 6.08 Å². The number of nitrogens with zero attached hydrogens (tertiary/aromatic N) is 2. The third-order valence-electron chi connectivity index (χ3n) is 5.82. The smallest absolute Gasteiger partial charge is 0.0725 e. The minimum absolute atomic E-state index is 0.589. The van der Waals surface area contributed by atoms with Crippen molar-refractivity contribution < 1.29 is 0 Å². The van der Waals surface area contributed by atoms with Gasteiger partial charge in [-0.25, -0.2) is 0 Å². The second kappa shape index (κ2) is 12.4. The third-order valence-corrected chi connectivity index (χ3v) is 6.83. The first kappa shape index (κ1) is 25.5. The van der Waals surface area contributed by atoms with Gasteiger partial charge in [-0.15, -0.1) is 11.3 Å². The predicted octanol–water partition coefficient (Wildman–Crippen LogP) is 6.39. The summed E-state index contributed by atoms with van der Waals surface area (Å²) in [6.07, 6.45) is 4.80. The van der Waals surface area contributed by atoms with E-state index in [0.717, 1.165) is 48.7 Å². The van der Waals surface area contributed by atoms with Crippen LogP contribution in [-0.2, 0) is 6.54 Å². The van der Waals surface area contributed by atoms with E-state index in [0.29, 0.717) is 5.70 Å². The molecule has 0 amide bonds. The number of aliphatic imine (C=N–C) groups is 1. The van der Waals surface area contributed by atoms with Crippen molar-refractivity contribution in [3.8, 4) is 0 Å². The Kier molecular flexibility index (Phi) is 9.25. The zero-order valence-corrected chi connectivity index (χ0v) is 21.6. The van der Waals surface area contributed by atoms with Crippen molar-refractivity contribution in [2.24, 2.45) is 10.7 Å². The van der Waals surface area contributed by atoms with E-state index in [1.807, 2.05) is 30.4 Å². The summed E-state index contributed by atoms with van der Waals surface area (Å²) in [4.78, 5) is 7.21. The highest BCUT2D eigenvalue weighted by Gasteiger charge is 2.08. The van der Waals surface area contributed by atoms with Crippen LogP contribution in [0.2, 0.25) is 0 Å². The molecule has 0 radical (unpaired) electrons. The summed E-state index contributed by atoms with van der Waals surface area (Å²) < 4.78 is 1.36. The fourth-order valence-electron chi connectivity index (χ4n) is 3.84. The molecule has 178 valence electrons. The van der Waals surface area contributed by atoms with Crippen LogP contribution in [0.3, 0.4) is 0 Å². The summed E-state index contributed by atoms with van der Waals surface area (Å²) in [5.74, 6) is 0. The van der Waals surface area contributed by atoms with Gasteiger partial charge in [0.25, 0.3) is 0 Å². The molecule has 4 nitrogen and oxygen atoms in total. The fourth-order valence-corrected chi connectivity index (χ4v) is 4.79. The van der Waals surface area contributed by atoms with Crippen LogP contribution >= 0.6 is 11.3 Å². The topological polar surface area (TPSA) is 53.6 Å². The Balaban J connectivity index is 1.60. The van der Waals surface area contributed by atoms with Crippen LogP contribution in [0, 0.1) is 6.92 Å². The van der Waals surface area contributed by atoms with Gasteiger partial charge in [-0.05, 0) is 80.9 Å². The maximum Gasteiger partial charge on any atom is 0.0725 e. The summed E-state index contributed by atoms with van der Waals surface area (Å²) in [6, 6.07) is 16.9. The van der Waals surface area contributed by atoms with Gasteiger partial charge in [0, 0.05) is 29.0 Å². The van der Waals surface area contributed by atoms with Crippen LogP contribution < -0.4 is 11.1 Å². The lowest BCUT2D eigenvalue weighted by Crippen LogP contribution is -2.23. The van der Waals surface area contributed by atoms with Gasteiger partial charge in [0.05, 0.1) is 17.1 Å². The van der Waals surface area contributed by atoms with Gasteiger partial charge < -0.3 is 16.0 Å². The van der Waals surface area contributed by atoms with Crippen molar-refractivity contribution in [3.05, 3.63) is 106 Å². The summed E-state index contributed by atoms with van der Waals surface area (Å²) in [6.45, 7) is 12.8. The molecule has 0 aliphatic rings. The summed E-state index contributed by atoms with van der Waals surface area (Å²) in [5.41, 5.74) is 13.1. The largest absolute Gasteiger partial charge is 0.397 e. The van der Waals surface area contributed by atoms with Gasteiger partial charge in [-0.2, -0.15) is 0 Å². The van der Waals surface area contributed by atoms with Crippen molar-refractivity contribution in [3.63, 3.8) is 0 Å². The minimum atomic E-state index is 0.589. The number of hydrogen-bond donors (Lipinski definition) is 2. The molecule has 0 saturated heterocycles. The molecular formula is C29H36N4S. The number of hydrogen-bond acceptors (Lipinski definition) is 5. The molecule has 0 spiro atoms. The molecule has 34 heavy (non-hydrogen) atoms.